The van der Waals surface area contributed by atoms with Crippen LogP contribution in [0, 0.1) is 0 Å². The molecule has 9 heteroatoms. The van der Waals surface area contributed by atoms with Crippen LogP contribution >= 0.6 is 24.0 Å². The number of benzene rings is 1. The normalized spacial score (nSPS) is 15.8. The van der Waals surface area contributed by atoms with Crippen LogP contribution in [0.2, 0.25) is 5.02 Å². The summed E-state index contributed by atoms with van der Waals surface area (Å²) >= 11 is 6.10. The molecular weight excluding hydrogens is 399 g/mol. The van der Waals surface area contributed by atoms with E-state index in [1.165, 1.54) is 52.0 Å². The van der Waals surface area contributed by atoms with E-state index in [2.05, 4.69) is 10.0 Å². The molecule has 1 fully saturated rings. The number of halogens is 2. The highest BCUT2D eigenvalue weighted by molar-refractivity contribution is 7.89. The average molecular weight is 427 g/mol. The summed E-state index contributed by atoms with van der Waals surface area (Å²) in [6.07, 6.45) is 7.39. The maximum atomic E-state index is 12.5. The molecule has 1 aromatic rings. The Morgan fingerprint density at radius 1 is 1.04 bits per heavy atom. The van der Waals surface area contributed by atoms with E-state index in [1.54, 1.807) is 0 Å². The van der Waals surface area contributed by atoms with Crippen molar-refractivity contribution in [3.63, 3.8) is 0 Å². The van der Waals surface area contributed by atoms with Gasteiger partial charge in [0.2, 0.25) is 10.0 Å². The molecule has 0 aromatic heterocycles. The first kappa shape index (κ1) is 23.3. The standard InChI is InChI=1S/C17H27ClN2O4S.ClH/c1-23-15-11-14(18)17(12-16(15)24-2)25(21,22)20-10-9-19-13-7-5-3-4-6-8-13;/h11-13,19-20H,3-10H2,1-2H3;1H. The van der Waals surface area contributed by atoms with Gasteiger partial charge in [0.05, 0.1) is 19.2 Å². The Morgan fingerprint density at radius 2 is 1.62 bits per heavy atom. The molecule has 1 aromatic carbocycles. The van der Waals surface area contributed by atoms with Crippen LogP contribution in [0.1, 0.15) is 38.5 Å². The first-order valence-electron chi connectivity index (χ1n) is 8.62. The second kappa shape index (κ2) is 11.2. The Bertz CT molecular complexity index is 663. The van der Waals surface area contributed by atoms with Gasteiger partial charge in [-0.15, -0.1) is 12.4 Å². The Labute approximate surface area is 167 Å². The van der Waals surface area contributed by atoms with Crippen molar-refractivity contribution in [1.82, 2.24) is 10.0 Å². The van der Waals surface area contributed by atoms with E-state index >= 15 is 0 Å². The molecule has 1 aliphatic carbocycles. The van der Waals surface area contributed by atoms with Crippen LogP contribution in [-0.4, -0.2) is 41.8 Å². The van der Waals surface area contributed by atoms with E-state index in [0.717, 1.165) is 12.8 Å². The molecule has 1 saturated carbocycles. The van der Waals surface area contributed by atoms with Gasteiger partial charge < -0.3 is 14.8 Å². The van der Waals surface area contributed by atoms with Crippen molar-refractivity contribution in [3.8, 4) is 11.5 Å². The maximum Gasteiger partial charge on any atom is 0.242 e. The highest BCUT2D eigenvalue weighted by atomic mass is 35.5. The number of sulfonamides is 1. The van der Waals surface area contributed by atoms with Gasteiger partial charge in [0.1, 0.15) is 4.90 Å². The van der Waals surface area contributed by atoms with Gasteiger partial charge >= 0.3 is 0 Å². The van der Waals surface area contributed by atoms with Gasteiger partial charge in [-0.05, 0) is 12.8 Å². The van der Waals surface area contributed by atoms with Crippen LogP contribution in [0.4, 0.5) is 0 Å². The highest BCUT2D eigenvalue weighted by Crippen LogP contribution is 2.35. The lowest BCUT2D eigenvalue weighted by atomic mass is 10.1. The van der Waals surface area contributed by atoms with E-state index in [-0.39, 0.29) is 22.3 Å². The molecule has 0 radical (unpaired) electrons. The predicted molar refractivity (Wildman–Crippen MR) is 106 cm³/mol. The lowest BCUT2D eigenvalue weighted by molar-refractivity contribution is 0.354. The van der Waals surface area contributed by atoms with Crippen molar-refractivity contribution in [3.05, 3.63) is 17.2 Å². The van der Waals surface area contributed by atoms with Crippen molar-refractivity contribution in [2.45, 2.75) is 49.5 Å². The molecule has 2 rings (SSSR count). The second-order valence-electron chi connectivity index (χ2n) is 6.18. The molecule has 0 aliphatic heterocycles. The zero-order valence-electron chi connectivity index (χ0n) is 15.2. The maximum absolute atomic E-state index is 12.5. The lowest BCUT2D eigenvalue weighted by Crippen LogP contribution is -2.36. The zero-order valence-corrected chi connectivity index (χ0v) is 17.6. The fraction of sp³-hybridized carbons (Fsp3) is 0.647. The third-order valence-electron chi connectivity index (χ3n) is 4.43. The smallest absolute Gasteiger partial charge is 0.242 e. The largest absolute Gasteiger partial charge is 0.493 e. The first-order chi connectivity index (χ1) is 12.0. The number of hydrogen-bond acceptors (Lipinski definition) is 5. The van der Waals surface area contributed by atoms with Crippen LogP contribution in [0.3, 0.4) is 0 Å². The fourth-order valence-electron chi connectivity index (χ4n) is 3.06. The number of rotatable bonds is 8. The van der Waals surface area contributed by atoms with E-state index in [4.69, 9.17) is 21.1 Å². The highest BCUT2D eigenvalue weighted by Gasteiger charge is 2.21. The quantitative estimate of drug-likeness (QED) is 0.492. The van der Waals surface area contributed by atoms with Crippen molar-refractivity contribution in [2.75, 3.05) is 27.3 Å². The number of hydrogen-bond donors (Lipinski definition) is 2. The number of ether oxygens (including phenoxy) is 2. The lowest BCUT2D eigenvalue weighted by Gasteiger charge is -2.17. The molecule has 6 nitrogen and oxygen atoms in total. The summed E-state index contributed by atoms with van der Waals surface area (Å²) in [5, 5.41) is 3.54. The van der Waals surface area contributed by atoms with Gasteiger partial charge in [-0.3, -0.25) is 0 Å². The summed E-state index contributed by atoms with van der Waals surface area (Å²) < 4.78 is 37.9. The summed E-state index contributed by atoms with van der Waals surface area (Å²) in [6.45, 7) is 0.901. The third-order valence-corrected chi connectivity index (χ3v) is 6.36. The molecule has 0 heterocycles. The average Bonchev–Trinajstić information content (AvgIpc) is 2.87. The van der Waals surface area contributed by atoms with E-state index < -0.39 is 10.0 Å². The van der Waals surface area contributed by atoms with Gasteiger partial charge in [0, 0.05) is 31.3 Å². The van der Waals surface area contributed by atoms with Gasteiger partial charge in [0.15, 0.2) is 11.5 Å². The minimum absolute atomic E-state index is 0. The van der Waals surface area contributed by atoms with Crippen molar-refractivity contribution >= 4 is 34.0 Å². The summed E-state index contributed by atoms with van der Waals surface area (Å²) in [4.78, 5) is -0.0127. The SMILES string of the molecule is COc1cc(Cl)c(S(=O)(=O)NCCNC2CCCCCC2)cc1OC.Cl. The van der Waals surface area contributed by atoms with Crippen LogP contribution in [0.5, 0.6) is 11.5 Å². The minimum Gasteiger partial charge on any atom is -0.493 e. The van der Waals surface area contributed by atoms with Crippen molar-refractivity contribution < 1.29 is 17.9 Å². The molecule has 2 N–H and O–H groups in total. The monoisotopic (exact) mass is 426 g/mol. The molecule has 0 saturated heterocycles. The van der Waals surface area contributed by atoms with Crippen LogP contribution in [-0.2, 0) is 10.0 Å². The molecule has 0 unspecified atom stereocenters. The summed E-state index contributed by atoms with van der Waals surface area (Å²) in [5.41, 5.74) is 0. The van der Waals surface area contributed by atoms with Gasteiger partial charge in [-0.25, -0.2) is 13.1 Å². The van der Waals surface area contributed by atoms with Crippen LogP contribution in [0.25, 0.3) is 0 Å². The molecule has 150 valence electrons. The Morgan fingerprint density at radius 3 is 2.19 bits per heavy atom. The van der Waals surface area contributed by atoms with Gasteiger partial charge in [-0.1, -0.05) is 37.3 Å². The summed E-state index contributed by atoms with van der Waals surface area (Å²) in [5.74, 6) is 0.713. The van der Waals surface area contributed by atoms with Crippen LogP contribution < -0.4 is 19.5 Å². The van der Waals surface area contributed by atoms with E-state index in [0.29, 0.717) is 30.6 Å². The zero-order chi connectivity index (χ0) is 18.3. The van der Waals surface area contributed by atoms with Crippen molar-refractivity contribution in [1.29, 1.82) is 0 Å². The van der Waals surface area contributed by atoms with E-state index in [1.807, 2.05) is 0 Å². The van der Waals surface area contributed by atoms with Crippen molar-refractivity contribution in [2.24, 2.45) is 0 Å². The Hall–Kier alpha value is -0.730. The summed E-state index contributed by atoms with van der Waals surface area (Å²) in [6, 6.07) is 3.30. The molecule has 0 bridgehead atoms. The topological polar surface area (TPSA) is 76.7 Å². The molecule has 26 heavy (non-hydrogen) atoms. The molecule has 0 amide bonds. The molecule has 0 atom stereocenters. The molecule has 0 spiro atoms. The van der Waals surface area contributed by atoms with Crippen LogP contribution in [0.15, 0.2) is 17.0 Å². The third kappa shape index (κ3) is 6.46. The van der Waals surface area contributed by atoms with Gasteiger partial charge in [-0.2, -0.15) is 0 Å². The Kier molecular flexibility index (Phi) is 10.0. The summed E-state index contributed by atoms with van der Waals surface area (Å²) in [7, 11) is -0.794. The number of methoxy groups -OCH3 is 2. The molecule has 1 aliphatic rings. The van der Waals surface area contributed by atoms with Gasteiger partial charge in [0.25, 0.3) is 0 Å². The first-order valence-corrected chi connectivity index (χ1v) is 10.5. The minimum atomic E-state index is -3.72. The second-order valence-corrected chi connectivity index (χ2v) is 8.32. The fourth-order valence-corrected chi connectivity index (χ4v) is 4.63. The number of nitrogens with one attached hydrogen (secondary N) is 2. The predicted octanol–water partition coefficient (Wildman–Crippen LogP) is 3.37. The van der Waals surface area contributed by atoms with E-state index in [9.17, 15) is 8.42 Å². The molecular formula is C17H28Cl2N2O4S. The Balaban J connectivity index is 0.00000338.